The summed E-state index contributed by atoms with van der Waals surface area (Å²) in [6, 6.07) is 0. The predicted octanol–water partition coefficient (Wildman–Crippen LogP) is 7.06. The van der Waals surface area contributed by atoms with E-state index in [0.717, 1.165) is 43.4 Å². The molecule has 2 saturated carbocycles. The SMILES string of the molecule is CCCCCC(=O)O[C@H]1CC[C@H]([C@H]2CC[C@H](CCCCC)CC2)CC1. The summed E-state index contributed by atoms with van der Waals surface area (Å²) in [5, 5.41) is 0. The van der Waals surface area contributed by atoms with Gasteiger partial charge in [0.2, 0.25) is 0 Å². The molecule has 0 atom stereocenters. The Balaban J connectivity index is 1.58. The van der Waals surface area contributed by atoms with Gasteiger partial charge in [-0.3, -0.25) is 4.79 Å². The second-order valence-electron chi connectivity index (χ2n) is 8.76. The smallest absolute Gasteiger partial charge is 0.306 e. The zero-order chi connectivity index (χ0) is 17.9. The molecule has 0 radical (unpaired) electrons. The largest absolute Gasteiger partial charge is 0.462 e. The highest BCUT2D eigenvalue weighted by Gasteiger charge is 2.31. The molecule has 0 N–H and O–H groups in total. The van der Waals surface area contributed by atoms with Crippen molar-refractivity contribution in [1.29, 1.82) is 0 Å². The molecule has 0 aliphatic heterocycles. The Morgan fingerprint density at radius 3 is 1.92 bits per heavy atom. The monoisotopic (exact) mass is 350 g/mol. The van der Waals surface area contributed by atoms with E-state index in [1.807, 2.05) is 0 Å². The van der Waals surface area contributed by atoms with Gasteiger partial charge in [0.05, 0.1) is 0 Å². The van der Waals surface area contributed by atoms with Crippen LogP contribution in [-0.4, -0.2) is 12.1 Å². The lowest BCUT2D eigenvalue weighted by atomic mass is 9.70. The summed E-state index contributed by atoms with van der Waals surface area (Å²) in [6.07, 6.45) is 20.5. The first-order chi connectivity index (χ1) is 12.2. The summed E-state index contributed by atoms with van der Waals surface area (Å²) in [4.78, 5) is 11.9. The Morgan fingerprint density at radius 2 is 1.32 bits per heavy atom. The molecule has 0 heterocycles. The molecular weight excluding hydrogens is 308 g/mol. The fraction of sp³-hybridized carbons (Fsp3) is 0.957. The van der Waals surface area contributed by atoms with Crippen molar-refractivity contribution >= 4 is 5.97 Å². The van der Waals surface area contributed by atoms with Crippen molar-refractivity contribution in [1.82, 2.24) is 0 Å². The number of unbranched alkanes of at least 4 members (excludes halogenated alkanes) is 4. The van der Waals surface area contributed by atoms with E-state index in [9.17, 15) is 4.79 Å². The van der Waals surface area contributed by atoms with Crippen LogP contribution in [0.1, 0.15) is 117 Å². The van der Waals surface area contributed by atoms with Gasteiger partial charge in [-0.1, -0.05) is 65.2 Å². The molecule has 2 aliphatic carbocycles. The van der Waals surface area contributed by atoms with Crippen molar-refractivity contribution in [3.63, 3.8) is 0 Å². The molecule has 0 aromatic heterocycles. The van der Waals surface area contributed by atoms with Crippen molar-refractivity contribution in [2.45, 2.75) is 123 Å². The number of hydrogen-bond donors (Lipinski definition) is 0. The first-order valence-electron chi connectivity index (χ1n) is 11.4. The summed E-state index contributed by atoms with van der Waals surface area (Å²) in [6.45, 7) is 4.47. The van der Waals surface area contributed by atoms with Crippen LogP contribution in [0.3, 0.4) is 0 Å². The molecule has 2 nitrogen and oxygen atoms in total. The molecule has 0 spiro atoms. The van der Waals surface area contributed by atoms with Crippen LogP contribution in [0.15, 0.2) is 0 Å². The Labute approximate surface area is 156 Å². The number of ether oxygens (including phenoxy) is 1. The fourth-order valence-corrected chi connectivity index (χ4v) is 5.07. The highest BCUT2D eigenvalue weighted by Crippen LogP contribution is 2.41. The predicted molar refractivity (Wildman–Crippen MR) is 106 cm³/mol. The summed E-state index contributed by atoms with van der Waals surface area (Å²) < 4.78 is 5.71. The van der Waals surface area contributed by atoms with Crippen LogP contribution in [-0.2, 0) is 9.53 Å². The second-order valence-corrected chi connectivity index (χ2v) is 8.76. The molecule has 0 amide bonds. The van der Waals surface area contributed by atoms with Gasteiger partial charge in [0.25, 0.3) is 0 Å². The quantitative estimate of drug-likeness (QED) is 0.311. The van der Waals surface area contributed by atoms with E-state index < -0.39 is 0 Å². The van der Waals surface area contributed by atoms with Crippen LogP contribution in [0.5, 0.6) is 0 Å². The lowest BCUT2D eigenvalue weighted by molar-refractivity contribution is -0.151. The number of hydrogen-bond acceptors (Lipinski definition) is 2. The van der Waals surface area contributed by atoms with Gasteiger partial charge in [0.15, 0.2) is 0 Å². The lowest BCUT2D eigenvalue weighted by Crippen LogP contribution is -2.29. The van der Waals surface area contributed by atoms with Crippen molar-refractivity contribution in [2.24, 2.45) is 17.8 Å². The van der Waals surface area contributed by atoms with E-state index in [2.05, 4.69) is 13.8 Å². The van der Waals surface area contributed by atoms with Gasteiger partial charge < -0.3 is 4.74 Å². The average molecular weight is 351 g/mol. The summed E-state index contributed by atoms with van der Waals surface area (Å²) >= 11 is 0. The Morgan fingerprint density at radius 1 is 0.760 bits per heavy atom. The maximum Gasteiger partial charge on any atom is 0.306 e. The van der Waals surface area contributed by atoms with Gasteiger partial charge in [-0.25, -0.2) is 0 Å². The van der Waals surface area contributed by atoms with Crippen LogP contribution in [0.2, 0.25) is 0 Å². The molecule has 146 valence electrons. The van der Waals surface area contributed by atoms with Crippen molar-refractivity contribution in [3.05, 3.63) is 0 Å². The Kier molecular flexibility index (Phi) is 9.94. The van der Waals surface area contributed by atoms with Crippen molar-refractivity contribution in [3.8, 4) is 0 Å². The maximum atomic E-state index is 11.9. The molecule has 25 heavy (non-hydrogen) atoms. The van der Waals surface area contributed by atoms with Crippen molar-refractivity contribution in [2.75, 3.05) is 0 Å². The molecule has 2 heteroatoms. The Hall–Kier alpha value is -0.530. The maximum absolute atomic E-state index is 11.9. The lowest BCUT2D eigenvalue weighted by Gasteiger charge is -2.37. The molecular formula is C23H42O2. The highest BCUT2D eigenvalue weighted by atomic mass is 16.5. The molecule has 0 saturated heterocycles. The minimum atomic E-state index is 0.0458. The second kappa shape index (κ2) is 12.0. The van der Waals surface area contributed by atoms with Gasteiger partial charge in [-0.15, -0.1) is 0 Å². The summed E-state index contributed by atoms with van der Waals surface area (Å²) in [7, 11) is 0. The molecule has 2 rings (SSSR count). The average Bonchev–Trinajstić information content (AvgIpc) is 2.63. The van der Waals surface area contributed by atoms with Crippen LogP contribution in [0.4, 0.5) is 0 Å². The van der Waals surface area contributed by atoms with E-state index >= 15 is 0 Å². The summed E-state index contributed by atoms with van der Waals surface area (Å²) in [5.41, 5.74) is 0. The third-order valence-electron chi connectivity index (χ3n) is 6.78. The van der Waals surface area contributed by atoms with Crippen LogP contribution >= 0.6 is 0 Å². The van der Waals surface area contributed by atoms with Gasteiger partial charge in [0, 0.05) is 6.42 Å². The van der Waals surface area contributed by atoms with Crippen LogP contribution in [0, 0.1) is 17.8 Å². The first kappa shape index (κ1) is 20.8. The van der Waals surface area contributed by atoms with Crippen molar-refractivity contribution < 1.29 is 9.53 Å². The first-order valence-corrected chi connectivity index (χ1v) is 11.4. The van der Waals surface area contributed by atoms with E-state index in [1.165, 1.54) is 70.6 Å². The number of carbonyl (C=O) groups excluding carboxylic acids is 1. The van der Waals surface area contributed by atoms with E-state index in [-0.39, 0.29) is 12.1 Å². The molecule has 2 aliphatic rings. The minimum Gasteiger partial charge on any atom is -0.462 e. The number of esters is 1. The molecule has 0 aromatic rings. The molecule has 0 unspecified atom stereocenters. The third-order valence-corrected chi connectivity index (χ3v) is 6.78. The molecule has 0 bridgehead atoms. The van der Waals surface area contributed by atoms with Gasteiger partial charge in [-0.2, -0.15) is 0 Å². The van der Waals surface area contributed by atoms with Gasteiger partial charge in [0.1, 0.15) is 6.10 Å². The summed E-state index contributed by atoms with van der Waals surface area (Å²) in [5.74, 6) is 2.93. The number of carbonyl (C=O) groups is 1. The van der Waals surface area contributed by atoms with E-state index in [0.29, 0.717) is 6.42 Å². The Bertz CT molecular complexity index is 349. The van der Waals surface area contributed by atoms with Crippen LogP contribution in [0.25, 0.3) is 0 Å². The zero-order valence-electron chi connectivity index (χ0n) is 16.9. The molecule has 2 fully saturated rings. The molecule has 0 aromatic carbocycles. The van der Waals surface area contributed by atoms with Crippen LogP contribution < -0.4 is 0 Å². The van der Waals surface area contributed by atoms with Gasteiger partial charge in [-0.05, 0) is 62.7 Å². The zero-order valence-corrected chi connectivity index (χ0v) is 16.9. The number of rotatable bonds is 10. The van der Waals surface area contributed by atoms with E-state index in [1.54, 1.807) is 0 Å². The highest BCUT2D eigenvalue weighted by molar-refractivity contribution is 5.69. The normalized spacial score (nSPS) is 30.2. The standard InChI is InChI=1S/C23H42O2/c1-3-5-7-9-19-11-13-20(14-12-19)21-15-17-22(18-16-21)25-23(24)10-8-6-4-2/h19-22H,3-18H2,1-2H3/t19-,20-,21-,22-. The van der Waals surface area contributed by atoms with E-state index in [4.69, 9.17) is 4.74 Å². The fourth-order valence-electron chi connectivity index (χ4n) is 5.07. The minimum absolute atomic E-state index is 0.0458. The topological polar surface area (TPSA) is 26.3 Å². The third kappa shape index (κ3) is 7.71. The van der Waals surface area contributed by atoms with Gasteiger partial charge >= 0.3 is 5.97 Å².